The van der Waals surface area contributed by atoms with E-state index in [-0.39, 0.29) is 12.5 Å². The van der Waals surface area contributed by atoms with E-state index in [1.54, 1.807) is 24.2 Å². The van der Waals surface area contributed by atoms with Crippen LogP contribution in [0.15, 0.2) is 48.8 Å². The Morgan fingerprint density at radius 1 is 1.18 bits per heavy atom. The molecular weight excluding hydrogens is 296 g/mol. The van der Waals surface area contributed by atoms with Crippen LogP contribution >= 0.6 is 11.8 Å². The minimum absolute atomic E-state index is 0.0131. The van der Waals surface area contributed by atoms with Crippen LogP contribution in [0.1, 0.15) is 16.8 Å². The first kappa shape index (κ1) is 15.1. The van der Waals surface area contributed by atoms with Crippen LogP contribution in [0.4, 0.5) is 0 Å². The Labute approximate surface area is 134 Å². The lowest BCUT2D eigenvalue weighted by Crippen LogP contribution is -2.51. The summed E-state index contributed by atoms with van der Waals surface area (Å²) in [5, 5.41) is 12.6. The topological polar surface area (TPSA) is 62.2 Å². The highest BCUT2D eigenvalue weighted by Gasteiger charge is 2.35. The second-order valence-corrected chi connectivity index (χ2v) is 6.61. The molecule has 0 radical (unpaired) electrons. The Morgan fingerprint density at radius 3 is 2.45 bits per heavy atom. The summed E-state index contributed by atoms with van der Waals surface area (Å²) in [4.78, 5) is 16.4. The Morgan fingerprint density at radius 2 is 1.86 bits per heavy atom. The zero-order chi connectivity index (χ0) is 15.4. The van der Waals surface area contributed by atoms with Gasteiger partial charge in [0.05, 0.1) is 12.1 Å². The summed E-state index contributed by atoms with van der Waals surface area (Å²) >= 11 is 1.76. The zero-order valence-corrected chi connectivity index (χ0v) is 13.0. The maximum absolute atomic E-state index is 12.4. The van der Waals surface area contributed by atoms with Crippen molar-refractivity contribution in [3.05, 3.63) is 54.4 Å². The molecule has 1 atom stereocenters. The normalized spacial score (nSPS) is 20.8. The third-order valence-corrected chi connectivity index (χ3v) is 5.19. The number of hydrogen-bond donors (Lipinski definition) is 2. The first-order valence-electron chi connectivity index (χ1n) is 7.24. The van der Waals surface area contributed by atoms with E-state index in [2.05, 4.69) is 10.3 Å². The first-order valence-corrected chi connectivity index (χ1v) is 8.39. The summed E-state index contributed by atoms with van der Waals surface area (Å²) in [6.45, 7) is -0.0131. The Balaban J connectivity index is 1.74. The third-order valence-electron chi connectivity index (χ3n) is 3.95. The maximum Gasteiger partial charge on any atom is 0.251 e. The molecule has 22 heavy (non-hydrogen) atoms. The van der Waals surface area contributed by atoms with Crippen LogP contribution in [0, 0.1) is 0 Å². The number of thioether (sulfide) groups is 1. The van der Waals surface area contributed by atoms with Crippen molar-refractivity contribution in [2.24, 2.45) is 0 Å². The lowest BCUT2D eigenvalue weighted by atomic mass is 9.99. The second-order valence-electron chi connectivity index (χ2n) is 5.51. The monoisotopic (exact) mass is 314 g/mol. The summed E-state index contributed by atoms with van der Waals surface area (Å²) < 4.78 is 0. The van der Waals surface area contributed by atoms with Gasteiger partial charge in [-0.1, -0.05) is 12.1 Å². The van der Waals surface area contributed by atoms with Gasteiger partial charge >= 0.3 is 0 Å². The third kappa shape index (κ3) is 3.15. The smallest absolute Gasteiger partial charge is 0.251 e. The number of aliphatic hydroxyl groups excluding tert-OH is 1. The lowest BCUT2D eigenvalue weighted by molar-refractivity contribution is 0.0859. The van der Waals surface area contributed by atoms with Gasteiger partial charge in [0.15, 0.2) is 0 Å². The van der Waals surface area contributed by atoms with Crippen molar-refractivity contribution in [2.75, 3.05) is 18.1 Å². The quantitative estimate of drug-likeness (QED) is 0.909. The Bertz CT molecular complexity index is 637. The molecule has 4 nitrogen and oxygen atoms in total. The van der Waals surface area contributed by atoms with E-state index in [1.165, 1.54) is 0 Å². The fourth-order valence-corrected chi connectivity index (χ4v) is 3.92. The van der Waals surface area contributed by atoms with Crippen LogP contribution < -0.4 is 5.32 Å². The average Bonchev–Trinajstić information content (AvgIpc) is 3.05. The van der Waals surface area contributed by atoms with Crippen molar-refractivity contribution in [3.8, 4) is 11.1 Å². The minimum Gasteiger partial charge on any atom is -0.394 e. The molecule has 1 aliphatic heterocycles. The molecule has 0 bridgehead atoms. The molecule has 2 heterocycles. The van der Waals surface area contributed by atoms with Crippen LogP contribution in [0.2, 0.25) is 0 Å². The van der Waals surface area contributed by atoms with E-state index in [9.17, 15) is 9.90 Å². The standard InChI is InChI=1S/C17H18N2O2S/c20-11-17(7-10-22-12-17)19-16(21)15-3-1-13(2-4-15)14-5-8-18-9-6-14/h1-6,8-9,20H,7,10-12H2,(H,19,21). The number of carbonyl (C=O) groups is 1. The fraction of sp³-hybridized carbons (Fsp3) is 0.294. The molecule has 1 aliphatic rings. The van der Waals surface area contributed by atoms with Gasteiger partial charge in [-0.15, -0.1) is 0 Å². The average molecular weight is 314 g/mol. The van der Waals surface area contributed by atoms with Crippen LogP contribution in [-0.4, -0.2) is 39.6 Å². The van der Waals surface area contributed by atoms with E-state index in [1.807, 2.05) is 36.4 Å². The van der Waals surface area contributed by atoms with Crippen LogP contribution in [0.25, 0.3) is 11.1 Å². The molecule has 3 rings (SSSR count). The molecule has 114 valence electrons. The van der Waals surface area contributed by atoms with Gasteiger partial charge in [0.25, 0.3) is 5.91 Å². The molecule has 0 spiro atoms. The summed E-state index contributed by atoms with van der Waals surface area (Å²) in [6.07, 6.45) is 4.31. The van der Waals surface area contributed by atoms with Crippen molar-refractivity contribution < 1.29 is 9.90 Å². The molecule has 1 aromatic carbocycles. The summed E-state index contributed by atoms with van der Waals surface area (Å²) in [5.41, 5.74) is 2.27. The van der Waals surface area contributed by atoms with E-state index < -0.39 is 5.54 Å². The lowest BCUT2D eigenvalue weighted by Gasteiger charge is -2.27. The molecule has 1 saturated heterocycles. The van der Waals surface area contributed by atoms with Crippen molar-refractivity contribution >= 4 is 17.7 Å². The predicted molar refractivity (Wildman–Crippen MR) is 88.9 cm³/mol. The molecular formula is C17H18N2O2S. The number of nitrogens with one attached hydrogen (secondary N) is 1. The first-order chi connectivity index (χ1) is 10.7. The number of carbonyl (C=O) groups excluding carboxylic acids is 1. The van der Waals surface area contributed by atoms with Gasteiger partial charge in [-0.3, -0.25) is 9.78 Å². The van der Waals surface area contributed by atoms with Gasteiger partial charge in [0, 0.05) is 23.7 Å². The zero-order valence-electron chi connectivity index (χ0n) is 12.2. The van der Waals surface area contributed by atoms with Gasteiger partial charge in [0.1, 0.15) is 0 Å². The summed E-state index contributed by atoms with van der Waals surface area (Å²) in [5.74, 6) is 1.62. The largest absolute Gasteiger partial charge is 0.394 e. The van der Waals surface area contributed by atoms with E-state index in [0.29, 0.717) is 5.56 Å². The van der Waals surface area contributed by atoms with E-state index >= 15 is 0 Å². The molecule has 2 aromatic rings. The molecule has 1 aromatic heterocycles. The van der Waals surface area contributed by atoms with Crippen LogP contribution in [-0.2, 0) is 0 Å². The SMILES string of the molecule is O=C(NC1(CO)CCSC1)c1ccc(-c2ccncc2)cc1. The van der Waals surface area contributed by atoms with E-state index in [0.717, 1.165) is 29.1 Å². The van der Waals surface area contributed by atoms with Crippen LogP contribution in [0.5, 0.6) is 0 Å². The van der Waals surface area contributed by atoms with Crippen molar-refractivity contribution in [1.29, 1.82) is 0 Å². The molecule has 1 fully saturated rings. The Kier molecular flexibility index (Phi) is 4.45. The van der Waals surface area contributed by atoms with Gasteiger partial charge in [-0.05, 0) is 47.6 Å². The number of aliphatic hydroxyl groups is 1. The molecule has 1 amide bonds. The molecule has 0 aliphatic carbocycles. The van der Waals surface area contributed by atoms with Gasteiger partial charge in [-0.25, -0.2) is 0 Å². The van der Waals surface area contributed by atoms with E-state index in [4.69, 9.17) is 0 Å². The number of hydrogen-bond acceptors (Lipinski definition) is 4. The van der Waals surface area contributed by atoms with Gasteiger partial charge in [-0.2, -0.15) is 11.8 Å². The number of benzene rings is 1. The van der Waals surface area contributed by atoms with Crippen molar-refractivity contribution in [1.82, 2.24) is 10.3 Å². The van der Waals surface area contributed by atoms with Gasteiger partial charge in [0.2, 0.25) is 0 Å². The number of amides is 1. The molecule has 0 saturated carbocycles. The second kappa shape index (κ2) is 6.50. The minimum atomic E-state index is -0.467. The number of rotatable bonds is 4. The van der Waals surface area contributed by atoms with Crippen molar-refractivity contribution in [2.45, 2.75) is 12.0 Å². The maximum atomic E-state index is 12.4. The Hall–Kier alpha value is -1.85. The molecule has 2 N–H and O–H groups in total. The van der Waals surface area contributed by atoms with Crippen LogP contribution in [0.3, 0.4) is 0 Å². The highest BCUT2D eigenvalue weighted by molar-refractivity contribution is 7.99. The molecule has 5 heteroatoms. The highest BCUT2D eigenvalue weighted by Crippen LogP contribution is 2.28. The molecule has 1 unspecified atom stereocenters. The van der Waals surface area contributed by atoms with Crippen molar-refractivity contribution in [3.63, 3.8) is 0 Å². The fourth-order valence-electron chi connectivity index (χ4n) is 2.54. The summed E-state index contributed by atoms with van der Waals surface area (Å²) in [7, 11) is 0. The van der Waals surface area contributed by atoms with Gasteiger partial charge < -0.3 is 10.4 Å². The number of pyridine rings is 1. The highest BCUT2D eigenvalue weighted by atomic mass is 32.2. The number of aromatic nitrogens is 1. The summed E-state index contributed by atoms with van der Waals surface area (Å²) in [6, 6.07) is 11.4. The number of nitrogens with zero attached hydrogens (tertiary/aromatic N) is 1. The predicted octanol–water partition coefficient (Wildman–Crippen LogP) is 2.35.